The van der Waals surface area contributed by atoms with Crippen LogP contribution in [0, 0.1) is 23.7 Å². The maximum atomic E-state index is 13.0. The Morgan fingerprint density at radius 2 is 1.42 bits per heavy atom. The van der Waals surface area contributed by atoms with Crippen molar-refractivity contribution in [2.24, 2.45) is 23.7 Å². The lowest BCUT2D eigenvalue weighted by atomic mass is 9.53. The molecule has 2 aromatic rings. The minimum atomic E-state index is -2.86. The summed E-state index contributed by atoms with van der Waals surface area (Å²) in [6, 6.07) is 16.6. The van der Waals surface area contributed by atoms with Gasteiger partial charge in [0.25, 0.3) is 0 Å². The van der Waals surface area contributed by atoms with Crippen LogP contribution in [0.3, 0.4) is 0 Å². The number of hydrogen-bond acceptors (Lipinski definition) is 10. The van der Waals surface area contributed by atoms with E-state index in [1.54, 1.807) is 69.3 Å². The summed E-state index contributed by atoms with van der Waals surface area (Å²) in [5.74, 6) is -5.28. The van der Waals surface area contributed by atoms with Crippen LogP contribution in [0.5, 0.6) is 0 Å². The van der Waals surface area contributed by atoms with Gasteiger partial charge in [-0.05, 0) is 49.3 Å². The van der Waals surface area contributed by atoms with Gasteiger partial charge in [0.05, 0.1) is 29.3 Å². The summed E-state index contributed by atoms with van der Waals surface area (Å²) >= 11 is 0. The van der Waals surface area contributed by atoms with Crippen LogP contribution in [-0.4, -0.2) is 95.1 Å². The third kappa shape index (κ3) is 4.95. The average molecular weight is 625 g/mol. The molecule has 3 saturated carbocycles. The highest BCUT2D eigenvalue weighted by molar-refractivity contribution is 5.89. The Hall–Kier alpha value is -3.09. The molecule has 7 N–H and O–H groups in total. The van der Waals surface area contributed by atoms with Crippen LogP contribution in [-0.2, 0) is 9.47 Å². The predicted molar refractivity (Wildman–Crippen MR) is 164 cm³/mol. The topological polar surface area (TPSA) is 177 Å². The van der Waals surface area contributed by atoms with Crippen molar-refractivity contribution in [3.63, 3.8) is 0 Å². The second kappa shape index (κ2) is 11.6. The van der Waals surface area contributed by atoms with Crippen LogP contribution in [0.15, 0.2) is 79.4 Å². The van der Waals surface area contributed by atoms with Crippen molar-refractivity contribution in [2.75, 3.05) is 6.61 Å². The van der Waals surface area contributed by atoms with Gasteiger partial charge in [-0.25, -0.2) is 4.79 Å². The zero-order valence-electron chi connectivity index (χ0n) is 25.8. The molecule has 2 aromatic carbocycles. The standard InChI is InChI=1S/C35H44O10/c1-19(2)32(40)17-21(4)34(42)25-16-20(3)27(36)35(25,43)31(39)33(41,18-44-30(38)24-14-10-7-11-15-24)28(37)26(34)29(32)45-22(5)23-12-8-6-9-13-23/h6-15,20-21,25-29,31,36-37,39-43H,1,5,16-18H2,2-4H3/t20-,21+,25-,26-,27-,28-,29+,31+,32+,33+,34-,35+/m0/s1. The van der Waals surface area contributed by atoms with Crippen molar-refractivity contribution in [3.05, 3.63) is 90.5 Å². The Kier molecular flexibility index (Phi) is 8.59. The highest BCUT2D eigenvalue weighted by Gasteiger charge is 2.78. The molecular formula is C35H44O10. The largest absolute Gasteiger partial charge is 0.487 e. The molecule has 5 rings (SSSR count). The first-order chi connectivity index (χ1) is 21.0. The Bertz CT molecular complexity index is 1430. The quantitative estimate of drug-likeness (QED) is 0.137. The van der Waals surface area contributed by atoms with E-state index in [9.17, 15) is 40.5 Å². The zero-order valence-corrected chi connectivity index (χ0v) is 25.8. The van der Waals surface area contributed by atoms with E-state index >= 15 is 0 Å². The number of ether oxygens (including phenoxy) is 2. The van der Waals surface area contributed by atoms with Gasteiger partial charge in [-0.15, -0.1) is 0 Å². The Morgan fingerprint density at radius 1 is 0.867 bits per heavy atom. The average Bonchev–Trinajstić information content (AvgIpc) is 3.25. The van der Waals surface area contributed by atoms with Gasteiger partial charge in [-0.2, -0.15) is 0 Å². The minimum absolute atomic E-state index is 0.00345. The lowest BCUT2D eigenvalue weighted by molar-refractivity contribution is -0.265. The maximum absolute atomic E-state index is 13.0. The smallest absolute Gasteiger partial charge is 0.338 e. The van der Waals surface area contributed by atoms with Gasteiger partial charge in [0.2, 0.25) is 0 Å². The Balaban J connectivity index is 1.68. The summed E-state index contributed by atoms with van der Waals surface area (Å²) in [5, 5.41) is 85.0. The molecule has 0 bridgehead atoms. The summed E-state index contributed by atoms with van der Waals surface area (Å²) in [5.41, 5.74) is -8.55. The molecule has 0 radical (unpaired) electrons. The monoisotopic (exact) mass is 624 g/mol. The Morgan fingerprint density at radius 3 is 1.98 bits per heavy atom. The van der Waals surface area contributed by atoms with Crippen LogP contribution in [0.25, 0.3) is 5.76 Å². The molecule has 0 spiro atoms. The van der Waals surface area contributed by atoms with Crippen LogP contribution >= 0.6 is 0 Å². The lowest BCUT2D eigenvalue weighted by Gasteiger charge is -2.59. The normalized spacial score (nSPS) is 42.5. The first kappa shape index (κ1) is 33.3. The van der Waals surface area contributed by atoms with Gasteiger partial charge in [-0.1, -0.05) is 75.5 Å². The molecule has 10 nitrogen and oxygen atoms in total. The SMILES string of the molecule is C=C(O[C@@H]1[C@@H]2[C@H](O)[C@](O)(COC(=O)c3ccccc3)[C@@H](O)[C@@]3(O)[C@@H](C[C@H](C)[C@@H]3O)[C@@]2(O)[C@H](C)C[C@@]1(O)C(=C)C)c1ccccc1. The zero-order chi connectivity index (χ0) is 33.1. The lowest BCUT2D eigenvalue weighted by Crippen LogP contribution is -2.71. The molecule has 3 fully saturated rings. The molecule has 10 heteroatoms. The van der Waals surface area contributed by atoms with E-state index in [2.05, 4.69) is 13.2 Å². The van der Waals surface area contributed by atoms with Crippen molar-refractivity contribution in [1.82, 2.24) is 0 Å². The van der Waals surface area contributed by atoms with Gasteiger partial charge < -0.3 is 45.2 Å². The molecule has 0 unspecified atom stereocenters. The molecule has 3 aliphatic carbocycles. The third-order valence-corrected chi connectivity index (χ3v) is 10.8. The molecule has 12 atom stereocenters. The molecular weight excluding hydrogens is 580 g/mol. The van der Waals surface area contributed by atoms with Crippen molar-refractivity contribution < 1.29 is 50.0 Å². The highest BCUT2D eigenvalue weighted by atomic mass is 16.6. The predicted octanol–water partition coefficient (Wildman–Crippen LogP) is 1.81. The number of benzene rings is 2. The number of aliphatic hydroxyl groups is 7. The fourth-order valence-corrected chi connectivity index (χ4v) is 8.18. The van der Waals surface area contributed by atoms with E-state index in [1.807, 2.05) is 0 Å². The molecule has 3 aliphatic rings. The molecule has 244 valence electrons. The molecule has 0 aliphatic heterocycles. The van der Waals surface area contributed by atoms with E-state index in [-0.39, 0.29) is 29.7 Å². The fraction of sp³-hybridized carbons (Fsp3) is 0.514. The van der Waals surface area contributed by atoms with E-state index in [0.29, 0.717) is 5.56 Å². The second-order valence-electron chi connectivity index (χ2n) is 13.4. The van der Waals surface area contributed by atoms with Crippen molar-refractivity contribution in [3.8, 4) is 0 Å². The summed E-state index contributed by atoms with van der Waals surface area (Å²) in [6.07, 6.45) is -7.80. The minimum Gasteiger partial charge on any atom is -0.487 e. The molecule has 0 heterocycles. The first-order valence-electron chi connectivity index (χ1n) is 15.3. The molecule has 0 amide bonds. The van der Waals surface area contributed by atoms with Gasteiger partial charge in [0.1, 0.15) is 35.8 Å². The van der Waals surface area contributed by atoms with Gasteiger partial charge in [0.15, 0.2) is 5.60 Å². The van der Waals surface area contributed by atoms with E-state index in [1.165, 1.54) is 12.1 Å². The van der Waals surface area contributed by atoms with Crippen LogP contribution in [0.4, 0.5) is 0 Å². The number of rotatable bonds is 7. The van der Waals surface area contributed by atoms with Crippen LogP contribution in [0.2, 0.25) is 0 Å². The number of hydrogen-bond donors (Lipinski definition) is 7. The third-order valence-electron chi connectivity index (χ3n) is 10.8. The van der Waals surface area contributed by atoms with Gasteiger partial charge in [-0.3, -0.25) is 0 Å². The number of esters is 1. The number of fused-ring (bicyclic) bond motifs is 3. The number of carbonyl (C=O) groups is 1. The van der Waals surface area contributed by atoms with E-state index < -0.39 is 83.1 Å². The second-order valence-corrected chi connectivity index (χ2v) is 13.4. The summed E-state index contributed by atoms with van der Waals surface area (Å²) in [4.78, 5) is 13.0. The molecule has 0 saturated heterocycles. The summed E-state index contributed by atoms with van der Waals surface area (Å²) < 4.78 is 11.8. The maximum Gasteiger partial charge on any atom is 0.338 e. The fourth-order valence-electron chi connectivity index (χ4n) is 8.18. The van der Waals surface area contributed by atoms with Crippen LogP contribution in [0.1, 0.15) is 49.5 Å². The van der Waals surface area contributed by atoms with Crippen molar-refractivity contribution in [2.45, 2.75) is 80.4 Å². The number of carbonyl (C=O) groups excluding carboxylic acids is 1. The van der Waals surface area contributed by atoms with Gasteiger partial charge >= 0.3 is 5.97 Å². The molecule has 45 heavy (non-hydrogen) atoms. The van der Waals surface area contributed by atoms with E-state index in [4.69, 9.17) is 9.47 Å². The molecule has 0 aromatic heterocycles. The van der Waals surface area contributed by atoms with Crippen molar-refractivity contribution in [1.29, 1.82) is 0 Å². The summed E-state index contributed by atoms with van der Waals surface area (Å²) in [7, 11) is 0. The van der Waals surface area contributed by atoms with Gasteiger partial charge in [0, 0.05) is 11.5 Å². The first-order valence-corrected chi connectivity index (χ1v) is 15.3. The Labute approximate surface area is 262 Å². The van der Waals surface area contributed by atoms with Crippen molar-refractivity contribution >= 4 is 11.7 Å². The highest BCUT2D eigenvalue weighted by Crippen LogP contribution is 2.62. The van der Waals surface area contributed by atoms with Crippen LogP contribution < -0.4 is 0 Å². The van der Waals surface area contributed by atoms with E-state index in [0.717, 1.165) is 0 Å². The summed E-state index contributed by atoms with van der Waals surface area (Å²) in [6.45, 7) is 11.8. The number of aliphatic hydroxyl groups excluding tert-OH is 3.